The number of rotatable bonds is 6. The number of carbonyl (C=O) groups excluding carboxylic acids is 2. The van der Waals surface area contributed by atoms with Crippen molar-refractivity contribution in [2.45, 2.75) is 19.0 Å². The van der Waals surface area contributed by atoms with Gasteiger partial charge in [-0.05, 0) is 35.9 Å². The smallest absolute Gasteiger partial charge is 0.326 e. The van der Waals surface area contributed by atoms with Gasteiger partial charge in [-0.25, -0.2) is 5.43 Å². The van der Waals surface area contributed by atoms with Crippen LogP contribution in [-0.2, 0) is 15.8 Å². The number of hydrogen-bond donors (Lipinski definition) is 2. The zero-order valence-electron chi connectivity index (χ0n) is 13.9. The van der Waals surface area contributed by atoms with E-state index in [9.17, 15) is 22.8 Å². The van der Waals surface area contributed by atoms with Crippen molar-refractivity contribution in [2.75, 3.05) is 5.32 Å². The zero-order chi connectivity index (χ0) is 19.9. The third-order valence-corrected chi connectivity index (χ3v) is 3.58. The van der Waals surface area contributed by atoms with E-state index in [2.05, 4.69) is 15.8 Å². The molecule has 9 heteroatoms. The Morgan fingerprint density at radius 1 is 1.04 bits per heavy atom. The van der Waals surface area contributed by atoms with Crippen LogP contribution in [0.3, 0.4) is 0 Å². The molecule has 0 fully saturated rings. The second-order valence-corrected chi connectivity index (χ2v) is 5.91. The fraction of sp³-hybridized carbons (Fsp3) is 0.167. The summed E-state index contributed by atoms with van der Waals surface area (Å²) in [5, 5.41) is 6.65. The van der Waals surface area contributed by atoms with Gasteiger partial charge in [0.05, 0.1) is 11.8 Å². The molecule has 2 amide bonds. The van der Waals surface area contributed by atoms with Crippen LogP contribution in [-0.4, -0.2) is 18.0 Å². The number of nitrogens with zero attached hydrogens (tertiary/aromatic N) is 1. The van der Waals surface area contributed by atoms with Crippen LogP contribution in [0.2, 0.25) is 5.02 Å². The van der Waals surface area contributed by atoms with Crippen molar-refractivity contribution in [3.63, 3.8) is 0 Å². The summed E-state index contributed by atoms with van der Waals surface area (Å²) in [7, 11) is 0. The van der Waals surface area contributed by atoms with Crippen LogP contribution in [0, 0.1) is 0 Å². The van der Waals surface area contributed by atoms with Crippen LogP contribution >= 0.6 is 11.6 Å². The fourth-order valence-corrected chi connectivity index (χ4v) is 2.13. The molecule has 2 rings (SSSR count). The quantitative estimate of drug-likeness (QED) is 0.565. The maximum Gasteiger partial charge on any atom is 0.416 e. The Kier molecular flexibility index (Phi) is 6.95. The molecular formula is C18H15ClF3N3O2. The normalized spacial score (nSPS) is 11.4. The van der Waals surface area contributed by atoms with Gasteiger partial charge in [0.25, 0.3) is 0 Å². The average Bonchev–Trinajstić information content (AvgIpc) is 2.61. The molecular weight excluding hydrogens is 383 g/mol. The lowest BCUT2D eigenvalue weighted by Gasteiger charge is -2.09. The van der Waals surface area contributed by atoms with Crippen molar-refractivity contribution in [1.82, 2.24) is 5.43 Å². The highest BCUT2D eigenvalue weighted by Gasteiger charge is 2.30. The molecule has 27 heavy (non-hydrogen) atoms. The maximum atomic E-state index is 12.6. The Balaban J connectivity index is 1.78. The predicted octanol–water partition coefficient (Wildman–Crippen LogP) is 4.23. The summed E-state index contributed by atoms with van der Waals surface area (Å²) < 4.78 is 37.9. The average molecular weight is 398 g/mol. The Morgan fingerprint density at radius 2 is 1.70 bits per heavy atom. The molecule has 0 aromatic heterocycles. The lowest BCUT2D eigenvalue weighted by molar-refractivity contribution is -0.137. The Bertz CT molecular complexity index is 836. The minimum Gasteiger partial charge on any atom is -0.326 e. The van der Waals surface area contributed by atoms with Gasteiger partial charge in [0, 0.05) is 23.6 Å². The van der Waals surface area contributed by atoms with Crippen molar-refractivity contribution >= 4 is 35.3 Å². The highest BCUT2D eigenvalue weighted by Crippen LogP contribution is 2.30. The third-order valence-electron chi connectivity index (χ3n) is 3.33. The minimum atomic E-state index is -4.50. The Hall–Kier alpha value is -2.87. The van der Waals surface area contributed by atoms with Crippen molar-refractivity contribution in [3.8, 4) is 0 Å². The number of benzene rings is 2. The van der Waals surface area contributed by atoms with E-state index in [-0.39, 0.29) is 18.5 Å². The number of hydrazone groups is 1. The molecule has 0 saturated heterocycles. The van der Waals surface area contributed by atoms with Gasteiger partial charge < -0.3 is 5.32 Å². The first-order valence-electron chi connectivity index (χ1n) is 7.78. The van der Waals surface area contributed by atoms with E-state index < -0.39 is 23.6 Å². The van der Waals surface area contributed by atoms with Crippen LogP contribution in [0.25, 0.3) is 0 Å². The molecule has 0 atom stereocenters. The number of hydrogen-bond acceptors (Lipinski definition) is 3. The summed E-state index contributed by atoms with van der Waals surface area (Å²) >= 11 is 5.75. The first-order valence-corrected chi connectivity index (χ1v) is 8.16. The molecule has 0 aliphatic heterocycles. The Labute approximate surface area is 158 Å². The van der Waals surface area contributed by atoms with Gasteiger partial charge >= 0.3 is 6.18 Å². The summed E-state index contributed by atoms with van der Waals surface area (Å²) in [6.45, 7) is 0. The van der Waals surface area contributed by atoms with Gasteiger partial charge in [-0.3, -0.25) is 9.59 Å². The standard InChI is InChI=1S/C18H15ClF3N3O2/c19-14-6-4-12(5-7-14)11-23-25-17(27)9-8-16(26)24-15-3-1-2-13(10-15)18(20,21)22/h1-7,10-11H,8-9H2,(H,24,26)(H,25,27). The van der Waals surface area contributed by atoms with Gasteiger partial charge in [-0.15, -0.1) is 0 Å². The first-order chi connectivity index (χ1) is 12.7. The molecule has 0 aliphatic rings. The van der Waals surface area contributed by atoms with E-state index in [1.54, 1.807) is 24.3 Å². The van der Waals surface area contributed by atoms with E-state index >= 15 is 0 Å². The molecule has 0 saturated carbocycles. The number of anilines is 1. The molecule has 2 aromatic carbocycles. The largest absolute Gasteiger partial charge is 0.416 e. The van der Waals surface area contributed by atoms with E-state index in [1.807, 2.05) is 0 Å². The van der Waals surface area contributed by atoms with Gasteiger partial charge in [-0.2, -0.15) is 18.3 Å². The number of nitrogens with one attached hydrogen (secondary N) is 2. The highest BCUT2D eigenvalue weighted by atomic mass is 35.5. The minimum absolute atomic E-state index is 0.0102. The van der Waals surface area contributed by atoms with E-state index in [4.69, 9.17) is 11.6 Å². The molecule has 0 aliphatic carbocycles. The highest BCUT2D eigenvalue weighted by molar-refractivity contribution is 6.30. The Morgan fingerprint density at radius 3 is 2.37 bits per heavy atom. The number of alkyl halides is 3. The van der Waals surface area contributed by atoms with Gasteiger partial charge in [-0.1, -0.05) is 29.8 Å². The summed E-state index contributed by atoms with van der Waals surface area (Å²) in [6.07, 6.45) is -3.44. The van der Waals surface area contributed by atoms with E-state index in [0.29, 0.717) is 5.02 Å². The molecule has 0 bridgehead atoms. The van der Waals surface area contributed by atoms with E-state index in [1.165, 1.54) is 18.3 Å². The number of amides is 2. The zero-order valence-corrected chi connectivity index (χ0v) is 14.6. The van der Waals surface area contributed by atoms with E-state index in [0.717, 1.165) is 17.7 Å². The molecule has 0 spiro atoms. The topological polar surface area (TPSA) is 70.6 Å². The summed E-state index contributed by atoms with van der Waals surface area (Å²) in [6, 6.07) is 11.0. The van der Waals surface area contributed by atoms with Crippen LogP contribution in [0.1, 0.15) is 24.0 Å². The lowest BCUT2D eigenvalue weighted by Crippen LogP contribution is -2.20. The van der Waals surface area contributed by atoms with Crippen molar-refractivity contribution < 1.29 is 22.8 Å². The predicted molar refractivity (Wildman–Crippen MR) is 96.5 cm³/mol. The molecule has 2 N–H and O–H groups in total. The second kappa shape index (κ2) is 9.18. The molecule has 142 valence electrons. The summed E-state index contributed by atoms with van der Waals surface area (Å²) in [5.41, 5.74) is 2.13. The molecule has 5 nitrogen and oxygen atoms in total. The van der Waals surface area contributed by atoms with Crippen molar-refractivity contribution in [2.24, 2.45) is 5.10 Å². The fourth-order valence-electron chi connectivity index (χ4n) is 2.01. The van der Waals surface area contributed by atoms with Crippen molar-refractivity contribution in [1.29, 1.82) is 0 Å². The molecule has 0 unspecified atom stereocenters. The second-order valence-electron chi connectivity index (χ2n) is 5.47. The summed E-state index contributed by atoms with van der Waals surface area (Å²) in [5.74, 6) is -1.08. The van der Waals surface area contributed by atoms with Crippen LogP contribution in [0.15, 0.2) is 53.6 Å². The van der Waals surface area contributed by atoms with Crippen LogP contribution in [0.4, 0.5) is 18.9 Å². The first kappa shape index (κ1) is 20.4. The van der Waals surface area contributed by atoms with Gasteiger partial charge in [0.2, 0.25) is 11.8 Å². The van der Waals surface area contributed by atoms with Gasteiger partial charge in [0.15, 0.2) is 0 Å². The van der Waals surface area contributed by atoms with Crippen LogP contribution < -0.4 is 10.7 Å². The lowest BCUT2D eigenvalue weighted by atomic mass is 10.2. The number of carbonyl (C=O) groups is 2. The SMILES string of the molecule is O=C(CCC(=O)Nc1cccc(C(F)(F)F)c1)NN=Cc1ccc(Cl)cc1. The molecule has 0 radical (unpaired) electrons. The summed E-state index contributed by atoms with van der Waals surface area (Å²) in [4.78, 5) is 23.4. The maximum absolute atomic E-state index is 12.6. The monoisotopic (exact) mass is 397 g/mol. The number of halogens is 4. The third kappa shape index (κ3) is 7.10. The molecule has 2 aromatic rings. The van der Waals surface area contributed by atoms with Gasteiger partial charge in [0.1, 0.15) is 0 Å². The molecule has 0 heterocycles. The van der Waals surface area contributed by atoms with Crippen molar-refractivity contribution in [3.05, 3.63) is 64.7 Å². The van der Waals surface area contributed by atoms with Crippen LogP contribution in [0.5, 0.6) is 0 Å².